The zero-order valence-electron chi connectivity index (χ0n) is 8.84. The van der Waals surface area contributed by atoms with Gasteiger partial charge in [0.1, 0.15) is 0 Å². The molecule has 2 nitrogen and oxygen atoms in total. The maximum Gasteiger partial charge on any atom is 0.305 e. The first-order chi connectivity index (χ1) is 6.16. The lowest BCUT2D eigenvalue weighted by Crippen LogP contribution is -2.00. The van der Waals surface area contributed by atoms with Crippen molar-refractivity contribution in [2.24, 2.45) is 5.92 Å². The molecule has 0 atom stereocenters. The molecule has 0 fully saturated rings. The van der Waals surface area contributed by atoms with E-state index in [-0.39, 0.29) is 5.97 Å². The first-order valence-electron chi connectivity index (χ1n) is 4.81. The minimum absolute atomic E-state index is 0.0931. The van der Waals surface area contributed by atoms with E-state index in [1.807, 2.05) is 11.8 Å². The average molecular weight is 204 g/mol. The van der Waals surface area contributed by atoms with Gasteiger partial charge >= 0.3 is 5.97 Å². The topological polar surface area (TPSA) is 26.3 Å². The van der Waals surface area contributed by atoms with E-state index in [1.54, 1.807) is 0 Å². The molecule has 0 heterocycles. The van der Waals surface area contributed by atoms with Gasteiger partial charge < -0.3 is 4.74 Å². The van der Waals surface area contributed by atoms with Crippen LogP contribution in [0.5, 0.6) is 0 Å². The number of ether oxygens (including phenoxy) is 1. The summed E-state index contributed by atoms with van der Waals surface area (Å²) < 4.78 is 4.55. The van der Waals surface area contributed by atoms with Crippen LogP contribution < -0.4 is 0 Å². The maximum absolute atomic E-state index is 10.7. The van der Waals surface area contributed by atoms with Crippen LogP contribution in [0.1, 0.15) is 33.1 Å². The number of carbonyl (C=O) groups is 1. The molecule has 0 spiro atoms. The average Bonchev–Trinajstić information content (AvgIpc) is 2.10. The Kier molecular flexibility index (Phi) is 8.30. The van der Waals surface area contributed by atoms with Crippen LogP contribution in [0, 0.1) is 5.92 Å². The highest BCUT2D eigenvalue weighted by atomic mass is 32.2. The van der Waals surface area contributed by atoms with E-state index < -0.39 is 0 Å². The number of rotatable bonds is 7. The predicted molar refractivity (Wildman–Crippen MR) is 58.0 cm³/mol. The SMILES string of the molecule is COC(=O)CCCSCCC(C)C. The molecule has 0 saturated heterocycles. The third kappa shape index (κ3) is 9.74. The Hall–Kier alpha value is -0.180. The number of carbonyl (C=O) groups excluding carboxylic acids is 1. The van der Waals surface area contributed by atoms with Gasteiger partial charge in [0.05, 0.1) is 7.11 Å². The maximum atomic E-state index is 10.7. The van der Waals surface area contributed by atoms with Crippen LogP contribution >= 0.6 is 11.8 Å². The van der Waals surface area contributed by atoms with Crippen LogP contribution in [-0.2, 0) is 9.53 Å². The molecule has 0 aromatic rings. The second-order valence-corrected chi connectivity index (χ2v) is 4.70. The molecule has 0 unspecified atom stereocenters. The Bertz CT molecular complexity index is 135. The fourth-order valence-corrected chi connectivity index (χ4v) is 2.03. The lowest BCUT2D eigenvalue weighted by atomic mass is 10.2. The summed E-state index contributed by atoms with van der Waals surface area (Å²) >= 11 is 1.93. The molecule has 0 bridgehead atoms. The largest absolute Gasteiger partial charge is 0.469 e. The monoisotopic (exact) mass is 204 g/mol. The quantitative estimate of drug-likeness (QED) is 0.471. The van der Waals surface area contributed by atoms with Crippen LogP contribution in [0.4, 0.5) is 0 Å². The first-order valence-corrected chi connectivity index (χ1v) is 5.97. The number of methoxy groups -OCH3 is 1. The summed E-state index contributed by atoms with van der Waals surface area (Å²) in [5, 5.41) is 0. The molecule has 0 saturated carbocycles. The number of thioether (sulfide) groups is 1. The fraction of sp³-hybridized carbons (Fsp3) is 0.900. The standard InChI is InChI=1S/C10H20O2S/c1-9(2)6-8-13-7-4-5-10(11)12-3/h9H,4-8H2,1-3H3. The van der Waals surface area contributed by atoms with Crippen molar-refractivity contribution in [1.29, 1.82) is 0 Å². The van der Waals surface area contributed by atoms with Crippen LogP contribution in [-0.4, -0.2) is 24.6 Å². The van der Waals surface area contributed by atoms with Crippen molar-refractivity contribution in [3.8, 4) is 0 Å². The lowest BCUT2D eigenvalue weighted by Gasteiger charge is -2.03. The van der Waals surface area contributed by atoms with E-state index >= 15 is 0 Å². The van der Waals surface area contributed by atoms with E-state index in [0.717, 1.165) is 18.1 Å². The summed E-state index contributed by atoms with van der Waals surface area (Å²) in [5.74, 6) is 2.97. The van der Waals surface area contributed by atoms with E-state index in [0.29, 0.717) is 6.42 Å². The van der Waals surface area contributed by atoms with E-state index in [1.165, 1.54) is 19.3 Å². The molecule has 0 radical (unpaired) electrons. The third-order valence-electron chi connectivity index (χ3n) is 1.74. The van der Waals surface area contributed by atoms with Crippen molar-refractivity contribution in [1.82, 2.24) is 0 Å². The van der Waals surface area contributed by atoms with Crippen molar-refractivity contribution in [3.63, 3.8) is 0 Å². The molecule has 0 rings (SSSR count). The molecule has 0 N–H and O–H groups in total. The molecular weight excluding hydrogens is 184 g/mol. The van der Waals surface area contributed by atoms with Crippen molar-refractivity contribution in [3.05, 3.63) is 0 Å². The molecule has 0 amide bonds. The van der Waals surface area contributed by atoms with Gasteiger partial charge in [-0.05, 0) is 30.3 Å². The van der Waals surface area contributed by atoms with Gasteiger partial charge in [-0.25, -0.2) is 0 Å². The van der Waals surface area contributed by atoms with Gasteiger partial charge in [0.2, 0.25) is 0 Å². The van der Waals surface area contributed by atoms with Crippen LogP contribution in [0.25, 0.3) is 0 Å². The van der Waals surface area contributed by atoms with Crippen LogP contribution in [0.2, 0.25) is 0 Å². The Morgan fingerprint density at radius 1 is 1.38 bits per heavy atom. The van der Waals surface area contributed by atoms with E-state index in [2.05, 4.69) is 18.6 Å². The predicted octanol–water partition coefficient (Wildman–Crippen LogP) is 2.72. The normalized spacial score (nSPS) is 10.5. The molecule has 0 aliphatic rings. The molecule has 0 aromatic carbocycles. The summed E-state index contributed by atoms with van der Waals surface area (Å²) in [6.07, 6.45) is 2.77. The molecule has 13 heavy (non-hydrogen) atoms. The second kappa shape index (κ2) is 8.42. The number of hydrogen-bond acceptors (Lipinski definition) is 3. The van der Waals surface area contributed by atoms with Crippen molar-refractivity contribution in [2.45, 2.75) is 33.1 Å². The molecule has 0 aliphatic carbocycles. The van der Waals surface area contributed by atoms with Crippen molar-refractivity contribution < 1.29 is 9.53 Å². The summed E-state index contributed by atoms with van der Waals surface area (Å²) in [6, 6.07) is 0. The number of hydrogen-bond donors (Lipinski definition) is 0. The summed E-state index contributed by atoms with van der Waals surface area (Å²) in [4.78, 5) is 10.7. The Morgan fingerprint density at radius 3 is 2.62 bits per heavy atom. The fourth-order valence-electron chi connectivity index (χ4n) is 0.842. The number of esters is 1. The summed E-state index contributed by atoms with van der Waals surface area (Å²) in [7, 11) is 1.44. The second-order valence-electron chi connectivity index (χ2n) is 3.47. The van der Waals surface area contributed by atoms with E-state index in [4.69, 9.17) is 0 Å². The summed E-state index contributed by atoms with van der Waals surface area (Å²) in [6.45, 7) is 4.46. The van der Waals surface area contributed by atoms with Crippen LogP contribution in [0.15, 0.2) is 0 Å². The van der Waals surface area contributed by atoms with Gasteiger partial charge in [-0.15, -0.1) is 0 Å². The molecule has 3 heteroatoms. The molecule has 0 aromatic heterocycles. The van der Waals surface area contributed by atoms with Crippen LogP contribution in [0.3, 0.4) is 0 Å². The Balaban J connectivity index is 3.04. The zero-order chi connectivity index (χ0) is 10.1. The minimum atomic E-state index is -0.0931. The Morgan fingerprint density at radius 2 is 2.08 bits per heavy atom. The Labute approximate surface area is 85.4 Å². The smallest absolute Gasteiger partial charge is 0.305 e. The van der Waals surface area contributed by atoms with Crippen molar-refractivity contribution >= 4 is 17.7 Å². The van der Waals surface area contributed by atoms with Gasteiger partial charge in [0.15, 0.2) is 0 Å². The van der Waals surface area contributed by atoms with Gasteiger partial charge in [-0.1, -0.05) is 13.8 Å². The molecular formula is C10H20O2S. The van der Waals surface area contributed by atoms with Gasteiger partial charge in [-0.2, -0.15) is 11.8 Å². The highest BCUT2D eigenvalue weighted by Gasteiger charge is 1.99. The van der Waals surface area contributed by atoms with Crippen molar-refractivity contribution in [2.75, 3.05) is 18.6 Å². The van der Waals surface area contributed by atoms with Gasteiger partial charge in [0, 0.05) is 6.42 Å². The van der Waals surface area contributed by atoms with Gasteiger partial charge in [-0.3, -0.25) is 4.79 Å². The zero-order valence-corrected chi connectivity index (χ0v) is 9.65. The third-order valence-corrected chi connectivity index (χ3v) is 2.84. The lowest BCUT2D eigenvalue weighted by molar-refractivity contribution is -0.140. The highest BCUT2D eigenvalue weighted by molar-refractivity contribution is 7.99. The summed E-state index contributed by atoms with van der Waals surface area (Å²) in [5.41, 5.74) is 0. The molecule has 78 valence electrons. The first kappa shape index (κ1) is 12.8. The minimum Gasteiger partial charge on any atom is -0.469 e. The molecule has 0 aliphatic heterocycles. The van der Waals surface area contributed by atoms with E-state index in [9.17, 15) is 4.79 Å². The highest BCUT2D eigenvalue weighted by Crippen LogP contribution is 2.10. The van der Waals surface area contributed by atoms with Gasteiger partial charge in [0.25, 0.3) is 0 Å².